The zero-order chi connectivity index (χ0) is 17.7. The summed E-state index contributed by atoms with van der Waals surface area (Å²) in [5, 5.41) is 6.53. The second kappa shape index (κ2) is 8.33. The van der Waals surface area contributed by atoms with Gasteiger partial charge in [-0.2, -0.15) is 0 Å². The summed E-state index contributed by atoms with van der Waals surface area (Å²) in [5.74, 6) is 0.806. The summed E-state index contributed by atoms with van der Waals surface area (Å²) in [6, 6.07) is 0.992. The van der Waals surface area contributed by atoms with Gasteiger partial charge in [0.1, 0.15) is 0 Å². The van der Waals surface area contributed by atoms with Gasteiger partial charge in [0.05, 0.1) is 10.5 Å². The zero-order valence-corrected chi connectivity index (χ0v) is 16.3. The van der Waals surface area contributed by atoms with E-state index in [9.17, 15) is 8.42 Å². The highest BCUT2D eigenvalue weighted by molar-refractivity contribution is 7.92. The lowest BCUT2D eigenvalue weighted by Crippen LogP contribution is -2.50. The molecule has 0 aromatic carbocycles. The van der Waals surface area contributed by atoms with Gasteiger partial charge >= 0.3 is 0 Å². The Bertz CT molecular complexity index is 487. The summed E-state index contributed by atoms with van der Waals surface area (Å²) in [6.07, 6.45) is 2.17. The maximum absolute atomic E-state index is 12.1. The molecular formula is C16H34N4O2S. The van der Waals surface area contributed by atoms with Crippen LogP contribution in [0, 0.1) is 0 Å². The van der Waals surface area contributed by atoms with Gasteiger partial charge in [-0.25, -0.2) is 8.42 Å². The Hall–Kier alpha value is -0.820. The third kappa shape index (κ3) is 6.30. The summed E-state index contributed by atoms with van der Waals surface area (Å²) < 4.78 is 23.5. The van der Waals surface area contributed by atoms with Crippen LogP contribution in [0.1, 0.15) is 47.5 Å². The summed E-state index contributed by atoms with van der Waals surface area (Å²) in [4.78, 5) is 6.68. The van der Waals surface area contributed by atoms with Crippen LogP contribution in [0.3, 0.4) is 0 Å². The van der Waals surface area contributed by atoms with E-state index in [0.717, 1.165) is 25.9 Å². The molecule has 0 aromatic heterocycles. The van der Waals surface area contributed by atoms with Gasteiger partial charge in [0, 0.05) is 38.8 Å². The molecule has 0 bridgehead atoms. The summed E-state index contributed by atoms with van der Waals surface area (Å²) in [7, 11) is -1.38. The molecule has 1 aliphatic rings. The Kier molecular flexibility index (Phi) is 7.32. The van der Waals surface area contributed by atoms with Gasteiger partial charge in [-0.05, 0) is 47.5 Å². The summed E-state index contributed by atoms with van der Waals surface area (Å²) >= 11 is 0. The topological polar surface area (TPSA) is 73.8 Å². The molecule has 1 fully saturated rings. The summed E-state index contributed by atoms with van der Waals surface area (Å²) in [6.45, 7) is 12.2. The molecule has 0 atom stereocenters. The van der Waals surface area contributed by atoms with Crippen LogP contribution in [-0.2, 0) is 9.84 Å². The van der Waals surface area contributed by atoms with Gasteiger partial charge in [-0.3, -0.25) is 4.99 Å². The van der Waals surface area contributed by atoms with Gasteiger partial charge < -0.3 is 15.5 Å². The van der Waals surface area contributed by atoms with Crippen molar-refractivity contribution >= 4 is 15.8 Å². The lowest BCUT2D eigenvalue weighted by molar-refractivity contribution is 0.167. The second-order valence-electron chi connectivity index (χ2n) is 7.48. The normalized spacial score (nSPS) is 19.2. The Morgan fingerprint density at radius 3 is 2.26 bits per heavy atom. The van der Waals surface area contributed by atoms with Crippen molar-refractivity contribution in [3.05, 3.63) is 0 Å². The fraction of sp³-hybridized carbons (Fsp3) is 0.938. The summed E-state index contributed by atoms with van der Waals surface area (Å²) in [5.41, 5.74) is 0. The largest absolute Gasteiger partial charge is 0.355 e. The molecule has 6 nitrogen and oxygen atoms in total. The van der Waals surface area contributed by atoms with Crippen molar-refractivity contribution in [2.75, 3.05) is 32.4 Å². The van der Waals surface area contributed by atoms with Crippen molar-refractivity contribution in [2.24, 2.45) is 4.99 Å². The van der Waals surface area contributed by atoms with Crippen LogP contribution in [-0.4, -0.2) is 68.5 Å². The molecule has 0 unspecified atom stereocenters. The molecular weight excluding hydrogens is 312 g/mol. The van der Waals surface area contributed by atoms with Crippen LogP contribution in [0.2, 0.25) is 0 Å². The number of likely N-dealkylation sites (tertiary alicyclic amines) is 1. The highest BCUT2D eigenvalue weighted by atomic mass is 32.2. The minimum absolute atomic E-state index is 0.114. The minimum Gasteiger partial charge on any atom is -0.355 e. The first-order valence-corrected chi connectivity index (χ1v) is 10.2. The Balaban J connectivity index is 2.39. The van der Waals surface area contributed by atoms with Crippen LogP contribution in [0.5, 0.6) is 0 Å². The standard InChI is InChI=1S/C16H34N4O2S/c1-13(2)20-10-7-14(8-11-20)19-15(17-6)18-9-12-23(21,22)16(3,4)5/h13-14H,7-12H2,1-6H3,(H2,17,18,19). The van der Waals surface area contributed by atoms with Crippen molar-refractivity contribution in [1.82, 2.24) is 15.5 Å². The van der Waals surface area contributed by atoms with Crippen LogP contribution < -0.4 is 10.6 Å². The molecule has 2 N–H and O–H groups in total. The number of aliphatic imine (C=N–C) groups is 1. The number of rotatable bonds is 5. The molecule has 0 amide bonds. The monoisotopic (exact) mass is 346 g/mol. The van der Waals surface area contributed by atoms with E-state index in [1.807, 2.05) is 0 Å². The Morgan fingerprint density at radius 1 is 1.26 bits per heavy atom. The van der Waals surface area contributed by atoms with Crippen molar-refractivity contribution in [3.8, 4) is 0 Å². The lowest BCUT2D eigenvalue weighted by Gasteiger charge is -2.35. The lowest BCUT2D eigenvalue weighted by atomic mass is 10.0. The highest BCUT2D eigenvalue weighted by Crippen LogP contribution is 2.15. The molecule has 23 heavy (non-hydrogen) atoms. The Labute approximate surface area is 142 Å². The molecule has 7 heteroatoms. The van der Waals surface area contributed by atoms with Gasteiger partial charge in [0.2, 0.25) is 0 Å². The predicted octanol–water partition coefficient (Wildman–Crippen LogP) is 1.24. The zero-order valence-electron chi connectivity index (χ0n) is 15.5. The van der Waals surface area contributed by atoms with E-state index in [2.05, 4.69) is 34.4 Å². The van der Waals surface area contributed by atoms with E-state index in [4.69, 9.17) is 0 Å². The van der Waals surface area contributed by atoms with Crippen molar-refractivity contribution in [3.63, 3.8) is 0 Å². The molecule has 1 heterocycles. The second-order valence-corrected chi connectivity index (χ2v) is 10.3. The van der Waals surface area contributed by atoms with Crippen LogP contribution >= 0.6 is 0 Å². The van der Waals surface area contributed by atoms with E-state index in [-0.39, 0.29) is 5.75 Å². The minimum atomic E-state index is -3.10. The fourth-order valence-corrected chi connectivity index (χ4v) is 3.54. The SMILES string of the molecule is CN=C(NCCS(=O)(=O)C(C)(C)C)NC1CCN(C(C)C)CC1. The number of piperidine rings is 1. The fourth-order valence-electron chi connectivity index (χ4n) is 2.56. The molecule has 0 aromatic rings. The molecule has 0 spiro atoms. The van der Waals surface area contributed by atoms with Crippen molar-refractivity contribution < 1.29 is 8.42 Å². The predicted molar refractivity (Wildman–Crippen MR) is 97.8 cm³/mol. The molecule has 0 radical (unpaired) electrons. The maximum Gasteiger partial charge on any atom is 0.191 e. The van der Waals surface area contributed by atoms with Crippen LogP contribution in [0.15, 0.2) is 4.99 Å². The third-order valence-corrected chi connectivity index (χ3v) is 7.03. The first kappa shape index (κ1) is 20.2. The molecule has 1 aliphatic heterocycles. The molecule has 136 valence electrons. The quantitative estimate of drug-likeness (QED) is 0.579. The van der Waals surface area contributed by atoms with Crippen molar-refractivity contribution in [2.45, 2.75) is 64.3 Å². The first-order valence-electron chi connectivity index (χ1n) is 8.50. The number of hydrogen-bond acceptors (Lipinski definition) is 4. The average Bonchev–Trinajstić information content (AvgIpc) is 2.45. The van der Waals surface area contributed by atoms with Crippen LogP contribution in [0.4, 0.5) is 0 Å². The average molecular weight is 347 g/mol. The third-order valence-electron chi connectivity index (χ3n) is 4.42. The van der Waals surface area contributed by atoms with E-state index in [1.54, 1.807) is 27.8 Å². The van der Waals surface area contributed by atoms with Crippen molar-refractivity contribution in [1.29, 1.82) is 0 Å². The van der Waals surface area contributed by atoms with E-state index in [1.165, 1.54) is 0 Å². The number of nitrogens with one attached hydrogen (secondary N) is 2. The molecule has 1 rings (SSSR count). The number of nitrogens with zero attached hydrogens (tertiary/aromatic N) is 2. The molecule has 0 aliphatic carbocycles. The van der Waals surface area contributed by atoms with E-state index < -0.39 is 14.6 Å². The number of sulfone groups is 1. The van der Waals surface area contributed by atoms with Gasteiger partial charge in [0.25, 0.3) is 0 Å². The van der Waals surface area contributed by atoms with Gasteiger partial charge in [-0.15, -0.1) is 0 Å². The van der Waals surface area contributed by atoms with E-state index in [0.29, 0.717) is 24.6 Å². The Morgan fingerprint density at radius 2 is 1.83 bits per heavy atom. The van der Waals surface area contributed by atoms with Crippen LogP contribution in [0.25, 0.3) is 0 Å². The molecule has 1 saturated heterocycles. The number of guanidine groups is 1. The van der Waals surface area contributed by atoms with Gasteiger partial charge in [0.15, 0.2) is 15.8 Å². The highest BCUT2D eigenvalue weighted by Gasteiger charge is 2.28. The smallest absolute Gasteiger partial charge is 0.191 e. The maximum atomic E-state index is 12.1. The van der Waals surface area contributed by atoms with E-state index >= 15 is 0 Å². The van der Waals surface area contributed by atoms with Gasteiger partial charge in [-0.1, -0.05) is 0 Å². The molecule has 0 saturated carbocycles. The first-order chi connectivity index (χ1) is 10.6. The number of hydrogen-bond donors (Lipinski definition) is 2.